The van der Waals surface area contributed by atoms with Crippen LogP contribution in [0.15, 0.2) is 30.3 Å². The van der Waals surface area contributed by atoms with Crippen LogP contribution < -0.4 is 5.32 Å². The monoisotopic (exact) mass is 288 g/mol. The second-order valence-electron chi connectivity index (χ2n) is 6.27. The van der Waals surface area contributed by atoms with Crippen molar-refractivity contribution in [1.29, 1.82) is 0 Å². The lowest BCUT2D eigenvalue weighted by molar-refractivity contribution is 0.249. The van der Waals surface area contributed by atoms with Crippen molar-refractivity contribution in [3.63, 3.8) is 0 Å². The molecule has 1 saturated carbocycles. The molecule has 1 aliphatic carbocycles. The fraction of sp³-hybridized carbons (Fsp3) is 0.684. The summed E-state index contributed by atoms with van der Waals surface area (Å²) >= 11 is 0. The molecule has 21 heavy (non-hydrogen) atoms. The number of hydrogen-bond acceptors (Lipinski definition) is 2. The summed E-state index contributed by atoms with van der Waals surface area (Å²) in [5, 5.41) is 3.86. The predicted molar refractivity (Wildman–Crippen MR) is 91.5 cm³/mol. The van der Waals surface area contributed by atoms with Crippen LogP contribution in [-0.2, 0) is 0 Å². The number of hydrogen-bond donors (Lipinski definition) is 1. The first-order chi connectivity index (χ1) is 10.3. The Morgan fingerprint density at radius 1 is 1.05 bits per heavy atom. The van der Waals surface area contributed by atoms with E-state index in [-0.39, 0.29) is 0 Å². The van der Waals surface area contributed by atoms with Gasteiger partial charge in [0.1, 0.15) is 0 Å². The van der Waals surface area contributed by atoms with E-state index in [0.29, 0.717) is 6.04 Å². The third-order valence-electron chi connectivity index (χ3n) is 4.97. The highest BCUT2D eigenvalue weighted by molar-refractivity contribution is 5.19. The van der Waals surface area contributed by atoms with Crippen molar-refractivity contribution in [2.45, 2.75) is 52.0 Å². The third-order valence-corrected chi connectivity index (χ3v) is 4.97. The van der Waals surface area contributed by atoms with Gasteiger partial charge in [0.05, 0.1) is 0 Å². The van der Waals surface area contributed by atoms with E-state index in [4.69, 9.17) is 0 Å². The van der Waals surface area contributed by atoms with Crippen LogP contribution in [-0.4, -0.2) is 31.1 Å². The van der Waals surface area contributed by atoms with Crippen LogP contribution in [0.3, 0.4) is 0 Å². The van der Waals surface area contributed by atoms with Crippen LogP contribution >= 0.6 is 0 Å². The first kappa shape index (κ1) is 16.5. The highest BCUT2D eigenvalue weighted by Crippen LogP contribution is 2.34. The Hall–Kier alpha value is -0.860. The average molecular weight is 288 g/mol. The van der Waals surface area contributed by atoms with Crippen molar-refractivity contribution >= 4 is 0 Å². The molecule has 1 aromatic rings. The van der Waals surface area contributed by atoms with Crippen molar-refractivity contribution in [2.24, 2.45) is 5.92 Å². The molecule has 2 heteroatoms. The lowest BCUT2D eigenvalue weighted by Gasteiger charge is -2.32. The third kappa shape index (κ3) is 5.12. The largest absolute Gasteiger partial charge is 0.308 e. The van der Waals surface area contributed by atoms with Gasteiger partial charge in [0.25, 0.3) is 0 Å². The van der Waals surface area contributed by atoms with Gasteiger partial charge >= 0.3 is 0 Å². The molecule has 0 amide bonds. The molecular weight excluding hydrogens is 256 g/mol. The number of nitrogens with one attached hydrogen (secondary N) is 1. The van der Waals surface area contributed by atoms with Gasteiger partial charge < -0.3 is 10.2 Å². The normalized spacial score (nSPS) is 18.0. The molecule has 2 rings (SSSR count). The van der Waals surface area contributed by atoms with Crippen LogP contribution in [0.2, 0.25) is 0 Å². The standard InChI is InChI=1S/C19H32N2/c1-3-21(4-2)16-15-20-19(17-11-7-5-8-12-17)18-13-9-6-10-14-18/h5,7-8,11-12,18-20H,3-4,6,9-10,13-16H2,1-2H3. The molecule has 118 valence electrons. The summed E-state index contributed by atoms with van der Waals surface area (Å²) in [6.07, 6.45) is 7.02. The molecule has 0 bridgehead atoms. The molecule has 0 heterocycles. The molecule has 1 unspecified atom stereocenters. The van der Waals surface area contributed by atoms with Gasteiger partial charge in [0, 0.05) is 19.1 Å². The van der Waals surface area contributed by atoms with Crippen molar-refractivity contribution < 1.29 is 0 Å². The predicted octanol–water partition coefficient (Wildman–Crippen LogP) is 4.24. The number of nitrogens with zero attached hydrogens (tertiary/aromatic N) is 1. The van der Waals surface area contributed by atoms with Crippen LogP contribution in [0.4, 0.5) is 0 Å². The summed E-state index contributed by atoms with van der Waals surface area (Å²) in [6, 6.07) is 11.6. The molecule has 0 radical (unpaired) electrons. The minimum atomic E-state index is 0.544. The second kappa shape index (κ2) is 9.22. The maximum atomic E-state index is 3.86. The van der Waals surface area contributed by atoms with Gasteiger partial charge in [0.2, 0.25) is 0 Å². The molecule has 1 atom stereocenters. The lowest BCUT2D eigenvalue weighted by atomic mass is 9.81. The minimum Gasteiger partial charge on any atom is -0.308 e. The Morgan fingerprint density at radius 3 is 2.33 bits per heavy atom. The van der Waals surface area contributed by atoms with Crippen LogP contribution in [0.1, 0.15) is 57.6 Å². The number of rotatable bonds is 8. The van der Waals surface area contributed by atoms with Gasteiger partial charge in [-0.3, -0.25) is 0 Å². The molecule has 1 aliphatic rings. The molecule has 0 aromatic heterocycles. The Balaban J connectivity index is 1.95. The van der Waals surface area contributed by atoms with Crippen LogP contribution in [0, 0.1) is 5.92 Å². The summed E-state index contributed by atoms with van der Waals surface area (Å²) in [6.45, 7) is 9.05. The molecular formula is C19H32N2. The highest BCUT2D eigenvalue weighted by Gasteiger charge is 2.24. The molecule has 0 aliphatic heterocycles. The minimum absolute atomic E-state index is 0.544. The Kier molecular flexibility index (Phi) is 7.25. The van der Waals surface area contributed by atoms with Crippen LogP contribution in [0.5, 0.6) is 0 Å². The fourth-order valence-electron chi connectivity index (χ4n) is 3.60. The zero-order chi connectivity index (χ0) is 14.9. The van der Waals surface area contributed by atoms with Crippen molar-refractivity contribution in [3.05, 3.63) is 35.9 Å². The first-order valence-electron chi connectivity index (χ1n) is 8.85. The molecule has 0 saturated heterocycles. The fourth-order valence-corrected chi connectivity index (χ4v) is 3.60. The van der Waals surface area contributed by atoms with Crippen LogP contribution in [0.25, 0.3) is 0 Å². The van der Waals surface area contributed by atoms with E-state index in [0.717, 1.165) is 32.1 Å². The van der Waals surface area contributed by atoms with Gasteiger partial charge in [-0.1, -0.05) is 63.4 Å². The summed E-state index contributed by atoms with van der Waals surface area (Å²) in [5.41, 5.74) is 1.48. The first-order valence-corrected chi connectivity index (χ1v) is 8.85. The second-order valence-corrected chi connectivity index (χ2v) is 6.27. The van der Waals surface area contributed by atoms with Gasteiger partial charge in [0.15, 0.2) is 0 Å². The number of benzene rings is 1. The maximum absolute atomic E-state index is 3.86. The van der Waals surface area contributed by atoms with Gasteiger partial charge in [-0.15, -0.1) is 0 Å². The highest BCUT2D eigenvalue weighted by atomic mass is 15.1. The maximum Gasteiger partial charge on any atom is 0.0349 e. The molecule has 1 aromatic carbocycles. The SMILES string of the molecule is CCN(CC)CCNC(c1ccccc1)C1CCCCC1. The van der Waals surface area contributed by atoms with Gasteiger partial charge in [-0.2, -0.15) is 0 Å². The molecule has 0 spiro atoms. The Labute approximate surface area is 130 Å². The van der Waals surface area contributed by atoms with E-state index in [1.807, 2.05) is 0 Å². The van der Waals surface area contributed by atoms with E-state index >= 15 is 0 Å². The van der Waals surface area contributed by atoms with E-state index in [9.17, 15) is 0 Å². The molecule has 1 N–H and O–H groups in total. The quantitative estimate of drug-likeness (QED) is 0.769. The zero-order valence-corrected chi connectivity index (χ0v) is 13.9. The Bertz CT molecular complexity index is 366. The van der Waals surface area contributed by atoms with E-state index in [2.05, 4.69) is 54.4 Å². The number of likely N-dealkylation sites (N-methyl/N-ethyl adjacent to an activating group) is 1. The van der Waals surface area contributed by atoms with Crippen molar-refractivity contribution in [1.82, 2.24) is 10.2 Å². The van der Waals surface area contributed by atoms with Crippen molar-refractivity contribution in [2.75, 3.05) is 26.2 Å². The smallest absolute Gasteiger partial charge is 0.0349 e. The summed E-state index contributed by atoms with van der Waals surface area (Å²) in [5.74, 6) is 0.817. The summed E-state index contributed by atoms with van der Waals surface area (Å²) in [4.78, 5) is 2.50. The van der Waals surface area contributed by atoms with E-state index < -0.39 is 0 Å². The zero-order valence-electron chi connectivity index (χ0n) is 13.9. The van der Waals surface area contributed by atoms with E-state index in [1.54, 1.807) is 0 Å². The Morgan fingerprint density at radius 2 is 1.71 bits per heavy atom. The summed E-state index contributed by atoms with van der Waals surface area (Å²) in [7, 11) is 0. The molecule has 2 nitrogen and oxygen atoms in total. The lowest BCUT2D eigenvalue weighted by Crippen LogP contribution is -2.36. The van der Waals surface area contributed by atoms with E-state index in [1.165, 1.54) is 37.7 Å². The van der Waals surface area contributed by atoms with Gasteiger partial charge in [-0.05, 0) is 37.4 Å². The molecule has 1 fully saturated rings. The topological polar surface area (TPSA) is 15.3 Å². The van der Waals surface area contributed by atoms with Crippen molar-refractivity contribution in [3.8, 4) is 0 Å². The van der Waals surface area contributed by atoms with Gasteiger partial charge in [-0.25, -0.2) is 0 Å². The average Bonchev–Trinajstić information content (AvgIpc) is 2.57. The summed E-state index contributed by atoms with van der Waals surface area (Å²) < 4.78 is 0.